The van der Waals surface area contributed by atoms with E-state index in [0.717, 1.165) is 0 Å². The van der Waals surface area contributed by atoms with Gasteiger partial charge in [0.15, 0.2) is 11.6 Å². The van der Waals surface area contributed by atoms with Gasteiger partial charge in [0, 0.05) is 10.6 Å². The minimum Gasteiger partial charge on any atom is -0.491 e. The highest BCUT2D eigenvalue weighted by atomic mass is 35.5. The van der Waals surface area contributed by atoms with Crippen LogP contribution in [0.1, 0.15) is 23.6 Å². The van der Waals surface area contributed by atoms with Gasteiger partial charge >= 0.3 is 0 Å². The van der Waals surface area contributed by atoms with Gasteiger partial charge in [0.2, 0.25) is 5.79 Å². The monoisotopic (exact) mass is 454 g/mol. The zero-order valence-electron chi connectivity index (χ0n) is 16.8. The number of benzene rings is 2. The van der Waals surface area contributed by atoms with Crippen LogP contribution in [0.15, 0.2) is 36.4 Å². The molecule has 0 aliphatic carbocycles. The van der Waals surface area contributed by atoms with Crippen LogP contribution in [0.3, 0.4) is 0 Å². The number of aliphatic hydroxyl groups excluding tert-OH is 4. The van der Waals surface area contributed by atoms with Crippen LogP contribution in [-0.2, 0) is 21.7 Å². The van der Waals surface area contributed by atoms with Crippen molar-refractivity contribution < 1.29 is 39.0 Å². The molecule has 31 heavy (non-hydrogen) atoms. The molecule has 0 aromatic heterocycles. The quantitative estimate of drug-likeness (QED) is 0.523. The third-order valence-electron chi connectivity index (χ3n) is 5.87. The lowest BCUT2D eigenvalue weighted by molar-refractivity contribution is -0.329. The molecular weight excluding hydrogens is 431 g/mol. The maximum atomic E-state index is 14.2. The van der Waals surface area contributed by atoms with E-state index in [1.165, 1.54) is 6.07 Å². The molecule has 0 saturated carbocycles. The Morgan fingerprint density at radius 1 is 1.16 bits per heavy atom. The van der Waals surface area contributed by atoms with Gasteiger partial charge in [-0.2, -0.15) is 0 Å². The van der Waals surface area contributed by atoms with Gasteiger partial charge in [-0.25, -0.2) is 4.39 Å². The highest BCUT2D eigenvalue weighted by Crippen LogP contribution is 2.49. The highest BCUT2D eigenvalue weighted by molar-refractivity contribution is 6.31. The van der Waals surface area contributed by atoms with Crippen molar-refractivity contribution in [2.75, 3.05) is 19.8 Å². The minimum absolute atomic E-state index is 0.163. The summed E-state index contributed by atoms with van der Waals surface area (Å²) >= 11 is 6.36. The summed E-state index contributed by atoms with van der Waals surface area (Å²) in [6, 6.07) is 9.43. The molecule has 2 saturated heterocycles. The molecule has 2 aromatic carbocycles. The smallest absolute Gasteiger partial charge is 0.225 e. The molecule has 2 heterocycles. The van der Waals surface area contributed by atoms with E-state index in [4.69, 9.17) is 25.8 Å². The fourth-order valence-electron chi connectivity index (χ4n) is 4.15. The van der Waals surface area contributed by atoms with Gasteiger partial charge in [-0.15, -0.1) is 0 Å². The van der Waals surface area contributed by atoms with E-state index >= 15 is 0 Å². The first-order valence-corrected chi connectivity index (χ1v) is 10.3. The molecule has 4 N–H and O–H groups in total. The number of hydrogen-bond donors (Lipinski definition) is 4. The van der Waals surface area contributed by atoms with Crippen molar-refractivity contribution >= 4 is 11.6 Å². The zero-order valence-corrected chi connectivity index (χ0v) is 17.6. The van der Waals surface area contributed by atoms with Gasteiger partial charge in [-0.3, -0.25) is 0 Å². The normalized spacial score (nSPS) is 32.3. The number of aliphatic hydroxyl groups is 4. The molecular formula is C22H24ClFO7. The Labute approximate surface area is 183 Å². The van der Waals surface area contributed by atoms with Gasteiger partial charge in [-0.1, -0.05) is 23.7 Å². The first-order chi connectivity index (χ1) is 14.8. The van der Waals surface area contributed by atoms with Gasteiger partial charge < -0.3 is 34.6 Å². The second kappa shape index (κ2) is 8.29. The summed E-state index contributed by atoms with van der Waals surface area (Å²) in [5, 5.41) is 41.5. The first kappa shape index (κ1) is 22.4. The summed E-state index contributed by atoms with van der Waals surface area (Å²) in [6.07, 6.45) is -4.45. The van der Waals surface area contributed by atoms with Crippen molar-refractivity contribution in [2.45, 2.75) is 43.0 Å². The Kier molecular flexibility index (Phi) is 5.99. The van der Waals surface area contributed by atoms with Crippen LogP contribution in [-0.4, -0.2) is 64.2 Å². The van der Waals surface area contributed by atoms with Gasteiger partial charge in [0.25, 0.3) is 0 Å². The summed E-state index contributed by atoms with van der Waals surface area (Å²) in [5.41, 5.74) is 0.0530. The Morgan fingerprint density at radius 3 is 2.61 bits per heavy atom. The summed E-state index contributed by atoms with van der Waals surface area (Å²) < 4.78 is 31.0. The Balaban J connectivity index is 1.68. The molecule has 5 atom stereocenters. The number of fused-ring (bicyclic) bond motifs is 2. The molecule has 2 bridgehead atoms. The van der Waals surface area contributed by atoms with Crippen molar-refractivity contribution in [3.05, 3.63) is 63.9 Å². The van der Waals surface area contributed by atoms with Gasteiger partial charge in [-0.05, 0) is 48.7 Å². The molecule has 9 heteroatoms. The molecule has 2 aliphatic rings. The van der Waals surface area contributed by atoms with E-state index in [1.807, 2.05) is 0 Å². The van der Waals surface area contributed by atoms with Crippen molar-refractivity contribution in [3.63, 3.8) is 0 Å². The molecule has 0 radical (unpaired) electrons. The predicted octanol–water partition coefficient (Wildman–Crippen LogP) is 1.50. The van der Waals surface area contributed by atoms with Crippen molar-refractivity contribution in [1.29, 1.82) is 0 Å². The molecule has 2 aromatic rings. The number of hydrogen-bond acceptors (Lipinski definition) is 7. The number of halogens is 2. The van der Waals surface area contributed by atoms with Crippen molar-refractivity contribution in [1.82, 2.24) is 0 Å². The maximum absolute atomic E-state index is 14.2. The van der Waals surface area contributed by atoms with Gasteiger partial charge in [0.05, 0.1) is 19.8 Å². The van der Waals surface area contributed by atoms with Crippen LogP contribution < -0.4 is 4.74 Å². The molecule has 2 fully saturated rings. The van der Waals surface area contributed by atoms with Crippen LogP contribution in [0, 0.1) is 5.82 Å². The van der Waals surface area contributed by atoms with Crippen molar-refractivity contribution in [2.24, 2.45) is 0 Å². The molecule has 1 unspecified atom stereocenters. The summed E-state index contributed by atoms with van der Waals surface area (Å²) in [5.74, 6) is -2.11. The molecule has 4 rings (SSSR count). The molecule has 7 nitrogen and oxygen atoms in total. The standard InChI is InChI=1S/C22H24ClFO7/c1-2-29-17-6-3-12(8-16(17)24)7-13-9-14(4-5-15(13)23)22-20(28)18(26)19(27)21(10-25,31-22)11-30-22/h3-6,8-9,18-20,25-28H,2,7,10-11H2,1H3/t18-,19-,20+,21-,22?/m0/s1. The molecule has 2 aliphatic heterocycles. The van der Waals surface area contributed by atoms with E-state index < -0.39 is 42.1 Å². The fraction of sp³-hybridized carbons (Fsp3) is 0.455. The van der Waals surface area contributed by atoms with Crippen LogP contribution in [0.25, 0.3) is 0 Å². The van der Waals surface area contributed by atoms with E-state index in [1.54, 1.807) is 37.3 Å². The third-order valence-corrected chi connectivity index (χ3v) is 6.24. The second-order valence-electron chi connectivity index (χ2n) is 7.84. The van der Waals surface area contributed by atoms with Crippen LogP contribution in [0.5, 0.6) is 5.75 Å². The minimum atomic E-state index is -1.79. The Morgan fingerprint density at radius 2 is 1.94 bits per heavy atom. The van der Waals surface area contributed by atoms with Gasteiger partial charge in [0.1, 0.15) is 23.9 Å². The summed E-state index contributed by atoms with van der Waals surface area (Å²) in [6.45, 7) is 1.29. The average Bonchev–Trinajstić information content (AvgIpc) is 3.15. The second-order valence-corrected chi connectivity index (χ2v) is 8.25. The first-order valence-electron chi connectivity index (χ1n) is 9.95. The van der Waals surface area contributed by atoms with E-state index in [0.29, 0.717) is 28.3 Å². The van der Waals surface area contributed by atoms with Crippen LogP contribution in [0.4, 0.5) is 4.39 Å². The maximum Gasteiger partial charge on any atom is 0.225 e. The topological polar surface area (TPSA) is 109 Å². The highest BCUT2D eigenvalue weighted by Gasteiger charge is 2.67. The van der Waals surface area contributed by atoms with E-state index in [2.05, 4.69) is 0 Å². The van der Waals surface area contributed by atoms with Crippen LogP contribution >= 0.6 is 11.6 Å². The van der Waals surface area contributed by atoms with E-state index in [9.17, 15) is 24.8 Å². The predicted molar refractivity (Wildman–Crippen MR) is 108 cm³/mol. The number of ether oxygens (including phenoxy) is 3. The number of rotatable bonds is 6. The summed E-state index contributed by atoms with van der Waals surface area (Å²) in [7, 11) is 0. The average molecular weight is 455 g/mol. The SMILES string of the molecule is CCOc1ccc(Cc2cc(C34OC[C@](CO)(O3)[C@@H](O)[C@H](O)[C@H]4O)ccc2Cl)cc1F. The molecule has 168 valence electrons. The van der Waals surface area contributed by atoms with Crippen LogP contribution in [0.2, 0.25) is 5.02 Å². The Hall–Kier alpha value is -1.78. The largest absolute Gasteiger partial charge is 0.491 e. The molecule has 0 spiro atoms. The summed E-state index contributed by atoms with van der Waals surface area (Å²) in [4.78, 5) is 0. The Bertz CT molecular complexity index is 973. The third kappa shape index (κ3) is 3.62. The lowest BCUT2D eigenvalue weighted by Crippen LogP contribution is -2.65. The lowest BCUT2D eigenvalue weighted by atomic mass is 9.83. The lowest BCUT2D eigenvalue weighted by Gasteiger charge is -2.46. The van der Waals surface area contributed by atoms with E-state index in [-0.39, 0.29) is 18.8 Å². The van der Waals surface area contributed by atoms with Crippen molar-refractivity contribution in [3.8, 4) is 5.75 Å². The molecule has 0 amide bonds. The fourth-order valence-corrected chi connectivity index (χ4v) is 4.33. The zero-order chi connectivity index (χ0) is 22.4.